The zero-order valence-electron chi connectivity index (χ0n) is 17.3. The number of ether oxygens (including phenoxy) is 1. The maximum atomic E-state index is 11.3. The van der Waals surface area contributed by atoms with Crippen LogP contribution >= 0.6 is 0 Å². The normalized spacial score (nSPS) is 17.4. The van der Waals surface area contributed by atoms with Crippen LogP contribution in [0.25, 0.3) is 10.9 Å². The zero-order valence-corrected chi connectivity index (χ0v) is 17.3. The van der Waals surface area contributed by atoms with E-state index in [1.165, 1.54) is 12.8 Å². The van der Waals surface area contributed by atoms with Crippen molar-refractivity contribution in [2.75, 3.05) is 18.0 Å². The molecule has 7 heteroatoms. The predicted octanol–water partition coefficient (Wildman–Crippen LogP) is 3.15. The molecule has 3 aromatic rings. The molecule has 2 aliphatic rings. The first kappa shape index (κ1) is 18.9. The van der Waals surface area contributed by atoms with Crippen molar-refractivity contribution in [3.05, 3.63) is 48.0 Å². The fourth-order valence-electron chi connectivity index (χ4n) is 4.25. The molecule has 30 heavy (non-hydrogen) atoms. The van der Waals surface area contributed by atoms with Crippen molar-refractivity contribution in [1.82, 2.24) is 14.5 Å². The fourth-order valence-corrected chi connectivity index (χ4v) is 4.25. The Morgan fingerprint density at radius 1 is 1.17 bits per heavy atom. The van der Waals surface area contributed by atoms with Gasteiger partial charge in [0.05, 0.1) is 5.52 Å². The van der Waals surface area contributed by atoms with E-state index in [1.807, 2.05) is 35.0 Å². The second-order valence-corrected chi connectivity index (χ2v) is 8.40. The third-order valence-electron chi connectivity index (χ3n) is 5.96. The van der Waals surface area contributed by atoms with Crippen molar-refractivity contribution in [2.24, 2.45) is 5.73 Å². The summed E-state index contributed by atoms with van der Waals surface area (Å²) in [4.78, 5) is 23.1. The second-order valence-electron chi connectivity index (χ2n) is 8.40. The number of carbonyl (C=O) groups is 1. The largest absolute Gasteiger partial charge is 0.490 e. The maximum absolute atomic E-state index is 11.3. The molecule has 5 rings (SSSR count). The van der Waals surface area contributed by atoms with E-state index in [4.69, 9.17) is 15.5 Å². The predicted molar refractivity (Wildman–Crippen MR) is 116 cm³/mol. The molecule has 7 nitrogen and oxygen atoms in total. The van der Waals surface area contributed by atoms with Crippen molar-refractivity contribution in [3.63, 3.8) is 0 Å². The lowest BCUT2D eigenvalue weighted by Crippen LogP contribution is -2.39. The molecular weight excluding hydrogens is 378 g/mol. The quantitative estimate of drug-likeness (QED) is 0.681. The molecule has 0 unspecified atom stereocenters. The molecule has 1 amide bonds. The van der Waals surface area contributed by atoms with Gasteiger partial charge in [-0.2, -0.15) is 0 Å². The summed E-state index contributed by atoms with van der Waals surface area (Å²) in [5.41, 5.74) is 7.37. The Kier molecular flexibility index (Phi) is 4.81. The van der Waals surface area contributed by atoms with Crippen LogP contribution in [0.4, 0.5) is 5.82 Å². The van der Waals surface area contributed by atoms with Gasteiger partial charge >= 0.3 is 0 Å². The smallest absolute Gasteiger partial charge is 0.237 e. The van der Waals surface area contributed by atoms with Gasteiger partial charge in [0, 0.05) is 55.2 Å². The number of primary amides is 1. The summed E-state index contributed by atoms with van der Waals surface area (Å²) in [6.45, 7) is 4.07. The first-order valence-corrected chi connectivity index (χ1v) is 10.7. The van der Waals surface area contributed by atoms with Crippen LogP contribution in [0.3, 0.4) is 0 Å². The van der Waals surface area contributed by atoms with Crippen molar-refractivity contribution >= 4 is 22.6 Å². The second kappa shape index (κ2) is 7.63. The molecule has 1 aliphatic heterocycles. The van der Waals surface area contributed by atoms with Crippen molar-refractivity contribution in [1.29, 1.82) is 0 Å². The van der Waals surface area contributed by atoms with E-state index >= 15 is 0 Å². The Morgan fingerprint density at radius 3 is 2.70 bits per heavy atom. The number of fused-ring (bicyclic) bond motifs is 1. The summed E-state index contributed by atoms with van der Waals surface area (Å²) in [6, 6.07) is 10.0. The number of hydrogen-bond donors (Lipinski definition) is 1. The Labute approximate surface area is 175 Å². The van der Waals surface area contributed by atoms with Gasteiger partial charge in [0.1, 0.15) is 30.0 Å². The summed E-state index contributed by atoms with van der Waals surface area (Å²) in [5.74, 6) is 3.13. The van der Waals surface area contributed by atoms with Gasteiger partial charge in [0.15, 0.2) is 0 Å². The summed E-state index contributed by atoms with van der Waals surface area (Å²) in [7, 11) is 0. The maximum Gasteiger partial charge on any atom is 0.237 e. The molecule has 2 N–H and O–H groups in total. The minimum absolute atomic E-state index is 0.164. The number of carbonyl (C=O) groups excluding carboxylic acids is 1. The molecule has 2 fully saturated rings. The van der Waals surface area contributed by atoms with Crippen LogP contribution in [0.2, 0.25) is 0 Å². The number of nitrogens with zero attached hydrogens (tertiary/aromatic N) is 4. The molecule has 1 saturated carbocycles. The summed E-state index contributed by atoms with van der Waals surface area (Å²) in [6.07, 6.45) is 6.37. The van der Waals surface area contributed by atoms with Crippen molar-refractivity contribution in [2.45, 2.75) is 51.2 Å². The lowest BCUT2D eigenvalue weighted by atomic mass is 10.1. The van der Waals surface area contributed by atoms with Crippen LogP contribution in [-0.4, -0.2) is 39.6 Å². The highest BCUT2D eigenvalue weighted by molar-refractivity contribution is 5.87. The van der Waals surface area contributed by atoms with E-state index in [2.05, 4.69) is 22.9 Å². The van der Waals surface area contributed by atoms with E-state index in [0.717, 1.165) is 59.9 Å². The molecule has 1 aromatic carbocycles. The zero-order chi connectivity index (χ0) is 20.7. The Balaban J connectivity index is 1.27. The van der Waals surface area contributed by atoms with E-state index < -0.39 is 0 Å². The van der Waals surface area contributed by atoms with Gasteiger partial charge in [-0.3, -0.25) is 4.79 Å². The van der Waals surface area contributed by atoms with Crippen LogP contribution in [0.1, 0.15) is 43.1 Å². The van der Waals surface area contributed by atoms with Gasteiger partial charge in [-0.15, -0.1) is 0 Å². The first-order chi connectivity index (χ1) is 14.6. The Bertz CT molecular complexity index is 1080. The van der Waals surface area contributed by atoms with Crippen molar-refractivity contribution in [3.8, 4) is 5.75 Å². The van der Waals surface area contributed by atoms with Gasteiger partial charge in [-0.1, -0.05) is 6.07 Å². The molecule has 156 valence electrons. The first-order valence-electron chi connectivity index (χ1n) is 10.7. The van der Waals surface area contributed by atoms with Crippen LogP contribution in [0.5, 0.6) is 5.75 Å². The number of nitrogens with two attached hydrogens (primary N) is 1. The van der Waals surface area contributed by atoms with E-state index in [-0.39, 0.29) is 18.6 Å². The number of hydrogen-bond acceptors (Lipinski definition) is 5. The monoisotopic (exact) mass is 405 g/mol. The molecule has 0 bridgehead atoms. The molecule has 1 aliphatic carbocycles. The average Bonchev–Trinajstić information content (AvgIpc) is 3.50. The molecule has 0 atom stereocenters. The molecule has 1 saturated heterocycles. The topological polar surface area (TPSA) is 86.3 Å². The summed E-state index contributed by atoms with van der Waals surface area (Å²) >= 11 is 0. The van der Waals surface area contributed by atoms with Crippen LogP contribution in [0.15, 0.2) is 36.5 Å². The van der Waals surface area contributed by atoms with Crippen LogP contribution in [0, 0.1) is 6.92 Å². The number of amides is 1. The molecule has 0 spiro atoms. The molecular formula is C23H27N5O2. The summed E-state index contributed by atoms with van der Waals surface area (Å²) in [5, 5.41) is 1.02. The standard InChI is InChI=1S/C23H27N5O2/c1-15-13-22(26-23(25-15)16-5-6-16)27-10-7-17(8-11-27)30-20-4-2-3-19-18(20)9-12-28(19)14-21(24)29/h2-4,9,12-13,16-17H,5-8,10-11,14H2,1H3,(H2,24,29). The third kappa shape index (κ3) is 3.84. The van der Waals surface area contributed by atoms with Crippen LogP contribution < -0.4 is 15.4 Å². The highest BCUT2D eigenvalue weighted by atomic mass is 16.5. The van der Waals surface area contributed by atoms with Gasteiger partial charge < -0.3 is 19.9 Å². The lowest BCUT2D eigenvalue weighted by molar-refractivity contribution is -0.118. The minimum Gasteiger partial charge on any atom is -0.490 e. The van der Waals surface area contributed by atoms with E-state index in [1.54, 1.807) is 0 Å². The Hall–Kier alpha value is -3.09. The molecule has 2 aromatic heterocycles. The highest BCUT2D eigenvalue weighted by Crippen LogP contribution is 2.39. The number of aryl methyl sites for hydroxylation is 1. The third-order valence-corrected chi connectivity index (χ3v) is 5.96. The van der Waals surface area contributed by atoms with Gasteiger partial charge in [0.2, 0.25) is 5.91 Å². The molecule has 0 radical (unpaired) electrons. The Morgan fingerprint density at radius 2 is 1.97 bits per heavy atom. The van der Waals surface area contributed by atoms with Gasteiger partial charge in [-0.05, 0) is 38.0 Å². The summed E-state index contributed by atoms with van der Waals surface area (Å²) < 4.78 is 8.24. The van der Waals surface area contributed by atoms with Gasteiger partial charge in [-0.25, -0.2) is 9.97 Å². The SMILES string of the molecule is Cc1cc(N2CCC(Oc3cccc4c3ccn4CC(N)=O)CC2)nc(C2CC2)n1. The lowest BCUT2D eigenvalue weighted by Gasteiger charge is -2.33. The fraction of sp³-hybridized carbons (Fsp3) is 0.435. The van der Waals surface area contributed by atoms with Crippen molar-refractivity contribution < 1.29 is 9.53 Å². The number of aromatic nitrogens is 3. The number of piperidine rings is 1. The minimum atomic E-state index is -0.351. The average molecular weight is 406 g/mol. The van der Waals surface area contributed by atoms with E-state index in [0.29, 0.717) is 5.92 Å². The number of rotatable bonds is 6. The van der Waals surface area contributed by atoms with Crippen LogP contribution in [-0.2, 0) is 11.3 Å². The number of anilines is 1. The molecule has 3 heterocycles. The van der Waals surface area contributed by atoms with Gasteiger partial charge in [0.25, 0.3) is 0 Å². The highest BCUT2D eigenvalue weighted by Gasteiger charge is 2.28. The van der Waals surface area contributed by atoms with E-state index in [9.17, 15) is 4.79 Å². The number of benzene rings is 1.